The third-order valence-electron chi connectivity index (χ3n) is 3.80. The minimum atomic E-state index is 0.745. The molecule has 0 fully saturated rings. The van der Waals surface area contributed by atoms with Crippen LogP contribution in [0.4, 0.5) is 5.69 Å². The summed E-state index contributed by atoms with van der Waals surface area (Å²) in [7, 11) is 1.93. The molecule has 0 unspecified atom stereocenters. The Hall–Kier alpha value is -2.56. The van der Waals surface area contributed by atoms with Crippen molar-refractivity contribution in [3.8, 4) is 5.69 Å². The summed E-state index contributed by atoms with van der Waals surface area (Å²) in [6.45, 7) is 6.95. The van der Waals surface area contributed by atoms with Gasteiger partial charge in [-0.1, -0.05) is 17.7 Å². The topological polar surface area (TPSA) is 47.7 Å². The fraction of sp³-hybridized carbons (Fsp3) is 0.294. The molecule has 0 spiro atoms. The lowest BCUT2D eigenvalue weighted by Crippen LogP contribution is -2.02. The van der Waals surface area contributed by atoms with Crippen molar-refractivity contribution in [2.24, 2.45) is 7.05 Å². The zero-order valence-electron chi connectivity index (χ0n) is 13.5. The van der Waals surface area contributed by atoms with Gasteiger partial charge < -0.3 is 5.32 Å². The second-order valence-electron chi connectivity index (χ2n) is 5.67. The first-order valence-electron chi connectivity index (χ1n) is 7.39. The highest BCUT2D eigenvalue weighted by Crippen LogP contribution is 2.23. The number of benzene rings is 1. The summed E-state index contributed by atoms with van der Waals surface area (Å²) in [5, 5.41) is 12.3. The molecular weight excluding hydrogens is 274 g/mol. The monoisotopic (exact) mass is 295 g/mol. The molecule has 0 aliphatic rings. The molecule has 3 aromatic rings. The molecule has 0 aliphatic heterocycles. The van der Waals surface area contributed by atoms with E-state index in [0.717, 1.165) is 34.9 Å². The van der Waals surface area contributed by atoms with Gasteiger partial charge in [-0.3, -0.25) is 4.68 Å². The number of hydrogen-bond acceptors (Lipinski definition) is 3. The Labute approximate surface area is 130 Å². The summed E-state index contributed by atoms with van der Waals surface area (Å²) in [6.07, 6.45) is 3.89. The van der Waals surface area contributed by atoms with E-state index in [-0.39, 0.29) is 0 Å². The lowest BCUT2D eigenvalue weighted by molar-refractivity contribution is 0.767. The van der Waals surface area contributed by atoms with Crippen LogP contribution in [-0.2, 0) is 13.6 Å². The average molecular weight is 295 g/mol. The number of rotatable bonds is 4. The first kappa shape index (κ1) is 14.4. The Kier molecular flexibility index (Phi) is 3.71. The van der Waals surface area contributed by atoms with Gasteiger partial charge in [0.2, 0.25) is 0 Å². The molecular formula is C17H21N5. The number of anilines is 1. The van der Waals surface area contributed by atoms with Crippen LogP contribution in [0.5, 0.6) is 0 Å². The highest BCUT2D eigenvalue weighted by Gasteiger charge is 2.12. The van der Waals surface area contributed by atoms with Crippen molar-refractivity contribution in [2.45, 2.75) is 27.3 Å². The van der Waals surface area contributed by atoms with Crippen LogP contribution < -0.4 is 5.32 Å². The molecule has 1 N–H and O–H groups in total. The number of nitrogens with one attached hydrogen (secondary N) is 1. The van der Waals surface area contributed by atoms with Crippen LogP contribution >= 0.6 is 0 Å². The Bertz CT molecular complexity index is 780. The lowest BCUT2D eigenvalue weighted by Gasteiger charge is -2.07. The summed E-state index contributed by atoms with van der Waals surface area (Å²) in [4.78, 5) is 0. The molecule has 22 heavy (non-hydrogen) atoms. The summed E-state index contributed by atoms with van der Waals surface area (Å²) >= 11 is 0. The quantitative estimate of drug-likeness (QED) is 0.804. The molecule has 0 saturated carbocycles. The molecule has 2 heterocycles. The van der Waals surface area contributed by atoms with Crippen molar-refractivity contribution in [1.82, 2.24) is 19.6 Å². The molecule has 0 saturated heterocycles. The first-order valence-corrected chi connectivity index (χ1v) is 7.39. The Morgan fingerprint density at radius 1 is 1.09 bits per heavy atom. The third-order valence-corrected chi connectivity index (χ3v) is 3.80. The van der Waals surface area contributed by atoms with Gasteiger partial charge in [-0.05, 0) is 32.9 Å². The van der Waals surface area contributed by atoms with Gasteiger partial charge in [0.05, 0.1) is 29.0 Å². The van der Waals surface area contributed by atoms with E-state index in [2.05, 4.69) is 53.6 Å². The predicted molar refractivity (Wildman–Crippen MR) is 88.3 cm³/mol. The predicted octanol–water partition coefficient (Wildman–Crippen LogP) is 3.14. The first-order chi connectivity index (χ1) is 10.5. The molecule has 2 aromatic heterocycles. The number of aryl methyl sites for hydroxylation is 3. The van der Waals surface area contributed by atoms with Crippen LogP contribution in [0.3, 0.4) is 0 Å². The number of nitrogens with zero attached hydrogens (tertiary/aromatic N) is 4. The second-order valence-corrected chi connectivity index (χ2v) is 5.67. The zero-order chi connectivity index (χ0) is 15.7. The molecule has 0 radical (unpaired) electrons. The minimum Gasteiger partial charge on any atom is -0.378 e. The summed E-state index contributed by atoms with van der Waals surface area (Å²) in [5.74, 6) is 0. The van der Waals surface area contributed by atoms with Crippen molar-refractivity contribution in [2.75, 3.05) is 5.32 Å². The van der Waals surface area contributed by atoms with Crippen molar-refractivity contribution < 1.29 is 0 Å². The second kappa shape index (κ2) is 5.67. The number of hydrogen-bond donors (Lipinski definition) is 1. The van der Waals surface area contributed by atoms with Crippen LogP contribution in [0.15, 0.2) is 36.7 Å². The molecule has 5 nitrogen and oxygen atoms in total. The van der Waals surface area contributed by atoms with E-state index in [1.54, 1.807) is 0 Å². The highest BCUT2D eigenvalue weighted by molar-refractivity contribution is 5.55. The van der Waals surface area contributed by atoms with E-state index in [9.17, 15) is 0 Å². The normalized spacial score (nSPS) is 10.9. The van der Waals surface area contributed by atoms with Crippen molar-refractivity contribution in [3.05, 3.63) is 59.2 Å². The maximum Gasteiger partial charge on any atom is 0.0832 e. The SMILES string of the molecule is Cc1ccc(-n2nc(C)c(NCc3cnn(C)c3)c2C)cc1. The lowest BCUT2D eigenvalue weighted by atomic mass is 10.2. The van der Waals surface area contributed by atoms with E-state index >= 15 is 0 Å². The van der Waals surface area contributed by atoms with Crippen molar-refractivity contribution >= 4 is 5.69 Å². The van der Waals surface area contributed by atoms with E-state index in [0.29, 0.717) is 0 Å². The average Bonchev–Trinajstić information content (AvgIpc) is 3.02. The van der Waals surface area contributed by atoms with Crippen LogP contribution in [0.1, 0.15) is 22.5 Å². The Morgan fingerprint density at radius 3 is 2.45 bits per heavy atom. The third kappa shape index (κ3) is 2.74. The molecule has 0 bridgehead atoms. The van der Waals surface area contributed by atoms with Crippen LogP contribution in [-0.4, -0.2) is 19.6 Å². The van der Waals surface area contributed by atoms with Crippen molar-refractivity contribution in [1.29, 1.82) is 0 Å². The molecule has 5 heteroatoms. The molecule has 0 atom stereocenters. The highest BCUT2D eigenvalue weighted by atomic mass is 15.3. The van der Waals surface area contributed by atoms with Crippen LogP contribution in [0.2, 0.25) is 0 Å². The van der Waals surface area contributed by atoms with E-state index in [1.807, 2.05) is 35.7 Å². The van der Waals surface area contributed by atoms with Gasteiger partial charge in [0.1, 0.15) is 0 Å². The van der Waals surface area contributed by atoms with Gasteiger partial charge in [0, 0.05) is 25.4 Å². The largest absolute Gasteiger partial charge is 0.378 e. The van der Waals surface area contributed by atoms with E-state index < -0.39 is 0 Å². The minimum absolute atomic E-state index is 0.745. The molecule has 0 aliphatic carbocycles. The zero-order valence-corrected chi connectivity index (χ0v) is 13.5. The van der Waals surface area contributed by atoms with E-state index in [1.165, 1.54) is 5.56 Å². The standard InChI is InChI=1S/C17H21N5/c1-12-5-7-16(8-6-12)22-14(3)17(13(2)20-22)18-9-15-10-19-21(4)11-15/h5-8,10-11,18H,9H2,1-4H3. The molecule has 1 aromatic carbocycles. The van der Waals surface area contributed by atoms with Gasteiger partial charge in [0.25, 0.3) is 0 Å². The van der Waals surface area contributed by atoms with Gasteiger partial charge in [0.15, 0.2) is 0 Å². The fourth-order valence-electron chi connectivity index (χ4n) is 2.59. The summed E-state index contributed by atoms with van der Waals surface area (Å²) in [5.41, 5.74) is 6.70. The maximum atomic E-state index is 4.66. The van der Waals surface area contributed by atoms with Crippen LogP contribution in [0.25, 0.3) is 5.69 Å². The van der Waals surface area contributed by atoms with Crippen LogP contribution in [0, 0.1) is 20.8 Å². The summed E-state index contributed by atoms with van der Waals surface area (Å²) in [6, 6.07) is 8.41. The van der Waals surface area contributed by atoms with Gasteiger partial charge in [-0.15, -0.1) is 0 Å². The molecule has 0 amide bonds. The number of aromatic nitrogens is 4. The van der Waals surface area contributed by atoms with Gasteiger partial charge in [-0.25, -0.2) is 4.68 Å². The van der Waals surface area contributed by atoms with Crippen molar-refractivity contribution in [3.63, 3.8) is 0 Å². The Balaban J connectivity index is 1.85. The molecule has 3 rings (SSSR count). The maximum absolute atomic E-state index is 4.66. The Morgan fingerprint density at radius 2 is 1.82 bits per heavy atom. The molecule has 114 valence electrons. The summed E-state index contributed by atoms with van der Waals surface area (Å²) < 4.78 is 3.80. The van der Waals surface area contributed by atoms with E-state index in [4.69, 9.17) is 0 Å². The van der Waals surface area contributed by atoms with Gasteiger partial charge in [-0.2, -0.15) is 10.2 Å². The smallest absolute Gasteiger partial charge is 0.0832 e. The van der Waals surface area contributed by atoms with Gasteiger partial charge >= 0.3 is 0 Å². The fourth-order valence-corrected chi connectivity index (χ4v) is 2.59.